The van der Waals surface area contributed by atoms with Crippen molar-refractivity contribution in [2.75, 3.05) is 5.73 Å². The second-order valence-corrected chi connectivity index (χ2v) is 6.92. The molecule has 1 aromatic heterocycles. The molecule has 0 spiro atoms. The van der Waals surface area contributed by atoms with Crippen LogP contribution < -0.4 is 5.73 Å². The van der Waals surface area contributed by atoms with Crippen LogP contribution in [0.2, 0.25) is 5.02 Å². The van der Waals surface area contributed by atoms with Crippen LogP contribution in [0.1, 0.15) is 39.8 Å². The summed E-state index contributed by atoms with van der Waals surface area (Å²) in [5.74, 6) is -0.642. The standard InChI is InChI=1S/C17H15BrClN3O3/c1-9-2-4-10(5-3-9)8-24-17(23)16-15(19)11(20)6-12(21-16)13-7-14(18)22-25-13/h2-6,13H,7-8H2,1H3,(H2,20,21). The second-order valence-electron chi connectivity index (χ2n) is 5.63. The van der Waals surface area contributed by atoms with E-state index in [1.54, 1.807) is 6.07 Å². The third kappa shape index (κ3) is 4.11. The van der Waals surface area contributed by atoms with E-state index in [2.05, 4.69) is 26.1 Å². The smallest absolute Gasteiger partial charge is 0.358 e. The Hall–Kier alpha value is -2.12. The third-order valence-corrected chi connectivity index (χ3v) is 4.52. The first-order valence-electron chi connectivity index (χ1n) is 7.51. The van der Waals surface area contributed by atoms with Gasteiger partial charge in [0.2, 0.25) is 0 Å². The molecule has 0 aliphatic carbocycles. The maximum atomic E-state index is 12.4. The summed E-state index contributed by atoms with van der Waals surface area (Å²) in [5.41, 5.74) is 8.58. The molecule has 3 rings (SSSR count). The van der Waals surface area contributed by atoms with E-state index in [1.807, 2.05) is 31.2 Å². The maximum Gasteiger partial charge on any atom is 0.358 e. The fourth-order valence-electron chi connectivity index (χ4n) is 2.28. The number of esters is 1. The summed E-state index contributed by atoms with van der Waals surface area (Å²) in [4.78, 5) is 21.9. The number of anilines is 1. The minimum absolute atomic E-state index is 0.0320. The molecule has 0 amide bonds. The number of oxime groups is 1. The van der Waals surface area contributed by atoms with Crippen LogP contribution >= 0.6 is 27.5 Å². The molecule has 1 aliphatic rings. The van der Waals surface area contributed by atoms with Gasteiger partial charge in [0.05, 0.1) is 16.4 Å². The van der Waals surface area contributed by atoms with Gasteiger partial charge in [-0.3, -0.25) is 0 Å². The summed E-state index contributed by atoms with van der Waals surface area (Å²) in [5, 5.41) is 3.87. The van der Waals surface area contributed by atoms with E-state index in [4.69, 9.17) is 26.9 Å². The minimum atomic E-state index is -0.642. The largest absolute Gasteiger partial charge is 0.456 e. The Labute approximate surface area is 158 Å². The number of nitrogens with zero attached hydrogens (tertiary/aromatic N) is 2. The SMILES string of the molecule is Cc1ccc(COC(=O)c2nc(C3CC(Br)=NO3)cc(N)c2Cl)cc1. The highest BCUT2D eigenvalue weighted by Gasteiger charge is 2.26. The Morgan fingerprint density at radius 2 is 2.16 bits per heavy atom. The van der Waals surface area contributed by atoms with Crippen LogP contribution in [0.15, 0.2) is 35.5 Å². The van der Waals surface area contributed by atoms with Gasteiger partial charge < -0.3 is 15.3 Å². The molecule has 25 heavy (non-hydrogen) atoms. The quantitative estimate of drug-likeness (QED) is 0.745. The number of carbonyl (C=O) groups excluding carboxylic acids is 1. The van der Waals surface area contributed by atoms with E-state index >= 15 is 0 Å². The van der Waals surface area contributed by atoms with Crippen LogP contribution in [-0.2, 0) is 16.2 Å². The molecule has 130 valence electrons. The number of benzene rings is 1. The molecule has 0 bridgehead atoms. The van der Waals surface area contributed by atoms with Crippen molar-refractivity contribution in [3.63, 3.8) is 0 Å². The van der Waals surface area contributed by atoms with E-state index in [0.717, 1.165) is 11.1 Å². The Balaban J connectivity index is 1.77. The van der Waals surface area contributed by atoms with E-state index in [1.165, 1.54) is 0 Å². The number of rotatable bonds is 4. The van der Waals surface area contributed by atoms with Crippen LogP contribution in [0.25, 0.3) is 0 Å². The Morgan fingerprint density at radius 3 is 2.80 bits per heavy atom. The normalized spacial score (nSPS) is 16.3. The summed E-state index contributed by atoms with van der Waals surface area (Å²) in [6, 6.07) is 9.25. The number of ether oxygens (including phenoxy) is 1. The van der Waals surface area contributed by atoms with Crippen molar-refractivity contribution < 1.29 is 14.4 Å². The molecule has 0 saturated carbocycles. The highest BCUT2D eigenvalue weighted by atomic mass is 79.9. The first-order chi connectivity index (χ1) is 11.9. The lowest BCUT2D eigenvalue weighted by atomic mass is 10.1. The van der Waals surface area contributed by atoms with Gasteiger partial charge in [0.1, 0.15) is 11.2 Å². The number of nitrogen functional groups attached to an aromatic ring is 1. The lowest BCUT2D eigenvalue weighted by Crippen LogP contribution is -2.13. The number of halogens is 2. The monoisotopic (exact) mass is 423 g/mol. The van der Waals surface area contributed by atoms with Gasteiger partial charge in [0, 0.05) is 6.42 Å². The first kappa shape index (κ1) is 17.7. The van der Waals surface area contributed by atoms with E-state index in [-0.39, 0.29) is 23.0 Å². The van der Waals surface area contributed by atoms with Crippen molar-refractivity contribution in [3.8, 4) is 0 Å². The van der Waals surface area contributed by atoms with Crippen molar-refractivity contribution >= 4 is 43.8 Å². The summed E-state index contributed by atoms with van der Waals surface area (Å²) >= 11 is 9.39. The molecule has 0 saturated heterocycles. The number of nitrogens with two attached hydrogens (primary N) is 1. The third-order valence-electron chi connectivity index (χ3n) is 3.65. The predicted molar refractivity (Wildman–Crippen MR) is 98.8 cm³/mol. The fourth-order valence-corrected chi connectivity index (χ4v) is 2.83. The Kier molecular flexibility index (Phi) is 5.24. The summed E-state index contributed by atoms with van der Waals surface area (Å²) in [6.07, 6.45) is 0.0870. The van der Waals surface area contributed by atoms with Gasteiger partial charge in [0.25, 0.3) is 0 Å². The van der Waals surface area contributed by atoms with Gasteiger partial charge in [0.15, 0.2) is 11.8 Å². The zero-order chi connectivity index (χ0) is 18.0. The summed E-state index contributed by atoms with van der Waals surface area (Å²) < 4.78 is 5.97. The van der Waals surface area contributed by atoms with Crippen LogP contribution in [0.3, 0.4) is 0 Å². The predicted octanol–water partition coefficient (Wildman–Crippen LogP) is 4.15. The molecule has 8 heteroatoms. The lowest BCUT2D eigenvalue weighted by Gasteiger charge is -2.12. The average Bonchev–Trinajstić information content (AvgIpc) is 3.03. The molecule has 1 unspecified atom stereocenters. The van der Waals surface area contributed by atoms with Crippen molar-refractivity contribution in [3.05, 3.63) is 57.9 Å². The van der Waals surface area contributed by atoms with Crippen LogP contribution in [-0.4, -0.2) is 15.6 Å². The summed E-state index contributed by atoms with van der Waals surface area (Å²) in [7, 11) is 0. The summed E-state index contributed by atoms with van der Waals surface area (Å²) in [6.45, 7) is 2.11. The average molecular weight is 425 g/mol. The second kappa shape index (κ2) is 7.41. The number of aryl methyl sites for hydroxylation is 1. The molecule has 0 radical (unpaired) electrons. The van der Waals surface area contributed by atoms with Gasteiger partial charge in [-0.1, -0.05) is 46.6 Å². The van der Waals surface area contributed by atoms with Crippen LogP contribution in [0, 0.1) is 6.92 Å². The van der Waals surface area contributed by atoms with Gasteiger partial charge >= 0.3 is 5.97 Å². The lowest BCUT2D eigenvalue weighted by molar-refractivity contribution is 0.0462. The number of pyridine rings is 1. The molecule has 6 nitrogen and oxygen atoms in total. The van der Waals surface area contributed by atoms with Crippen molar-refractivity contribution in [2.24, 2.45) is 5.16 Å². The maximum absolute atomic E-state index is 12.4. The topological polar surface area (TPSA) is 86.8 Å². The minimum Gasteiger partial charge on any atom is -0.456 e. The number of hydrogen-bond acceptors (Lipinski definition) is 6. The molecule has 1 atom stereocenters. The Morgan fingerprint density at radius 1 is 1.44 bits per heavy atom. The molecule has 1 aliphatic heterocycles. The molecule has 2 heterocycles. The molecular weight excluding hydrogens is 410 g/mol. The molecule has 2 aromatic rings. The molecule has 0 fully saturated rings. The van der Waals surface area contributed by atoms with Crippen molar-refractivity contribution in [1.29, 1.82) is 0 Å². The number of aromatic nitrogens is 1. The molecule has 1 aromatic carbocycles. The molecule has 2 N–H and O–H groups in total. The highest BCUT2D eigenvalue weighted by Crippen LogP contribution is 2.32. The molecular formula is C17H15BrClN3O3. The first-order valence-corrected chi connectivity index (χ1v) is 8.68. The van der Waals surface area contributed by atoms with Gasteiger partial charge in [-0.25, -0.2) is 9.78 Å². The van der Waals surface area contributed by atoms with Crippen LogP contribution in [0.5, 0.6) is 0 Å². The highest BCUT2D eigenvalue weighted by molar-refractivity contribution is 9.18. The zero-order valence-corrected chi connectivity index (χ0v) is 15.7. The van der Waals surface area contributed by atoms with Crippen molar-refractivity contribution in [1.82, 2.24) is 4.98 Å². The van der Waals surface area contributed by atoms with Gasteiger partial charge in [-0.15, -0.1) is 0 Å². The Bertz CT molecular complexity index is 840. The number of carbonyl (C=O) groups is 1. The van der Waals surface area contributed by atoms with E-state index in [9.17, 15) is 4.79 Å². The number of hydrogen-bond donors (Lipinski definition) is 1. The zero-order valence-electron chi connectivity index (χ0n) is 13.3. The van der Waals surface area contributed by atoms with Gasteiger partial charge in [-0.2, -0.15) is 0 Å². The van der Waals surface area contributed by atoms with E-state index < -0.39 is 12.1 Å². The van der Waals surface area contributed by atoms with Gasteiger partial charge in [-0.05, 0) is 34.5 Å². The van der Waals surface area contributed by atoms with E-state index in [0.29, 0.717) is 16.7 Å². The van der Waals surface area contributed by atoms with Crippen LogP contribution in [0.4, 0.5) is 5.69 Å². The van der Waals surface area contributed by atoms with Crippen molar-refractivity contribution in [2.45, 2.75) is 26.1 Å². The fraction of sp³-hybridized carbons (Fsp3) is 0.235.